The average Bonchev–Trinajstić information content (AvgIpc) is 2.86. The Balaban J connectivity index is 1.70. The van der Waals surface area contributed by atoms with Gasteiger partial charge in [-0.3, -0.25) is 4.99 Å². The molecule has 5 heteroatoms. The van der Waals surface area contributed by atoms with E-state index in [4.69, 9.17) is 9.47 Å². The number of ether oxygens (including phenoxy) is 2. The molecule has 3 aliphatic rings. The maximum Gasteiger partial charge on any atom is 0.185 e. The van der Waals surface area contributed by atoms with Crippen LogP contribution >= 0.6 is 0 Å². The van der Waals surface area contributed by atoms with Crippen molar-refractivity contribution in [2.45, 2.75) is 25.0 Å². The summed E-state index contributed by atoms with van der Waals surface area (Å²) in [5.74, 6) is 2.50. The standard InChI is InChI=1S/C15H18N2O3/c18-15(10-16-14-3-1-2-6-17(14)15)11-4-5-12-13(9-11)20-8-7-19-12/h4-5,9,18H,1-3,6-8,10H2. The number of aliphatic imine (C=N–C) groups is 1. The minimum atomic E-state index is -1.02. The van der Waals surface area contributed by atoms with Crippen molar-refractivity contribution in [3.05, 3.63) is 23.8 Å². The highest BCUT2D eigenvalue weighted by atomic mass is 16.6. The fraction of sp³-hybridized carbons (Fsp3) is 0.533. The summed E-state index contributed by atoms with van der Waals surface area (Å²) >= 11 is 0. The summed E-state index contributed by atoms with van der Waals surface area (Å²) in [6.07, 6.45) is 3.23. The fourth-order valence-electron chi connectivity index (χ4n) is 3.21. The van der Waals surface area contributed by atoms with E-state index < -0.39 is 5.72 Å². The SMILES string of the molecule is OC1(c2ccc3c(c2)OCCO3)CN=C2CCCCN21. The van der Waals surface area contributed by atoms with E-state index in [0.29, 0.717) is 25.5 Å². The first-order valence-corrected chi connectivity index (χ1v) is 7.21. The van der Waals surface area contributed by atoms with E-state index in [1.165, 1.54) is 0 Å². The Hall–Kier alpha value is -1.75. The van der Waals surface area contributed by atoms with Crippen molar-refractivity contribution in [1.82, 2.24) is 4.90 Å². The second-order valence-corrected chi connectivity index (χ2v) is 5.52. The molecule has 20 heavy (non-hydrogen) atoms. The van der Waals surface area contributed by atoms with Crippen molar-refractivity contribution >= 4 is 5.84 Å². The van der Waals surface area contributed by atoms with Gasteiger partial charge in [-0.15, -0.1) is 0 Å². The number of aliphatic hydroxyl groups is 1. The molecule has 3 aliphatic heterocycles. The molecule has 1 N–H and O–H groups in total. The van der Waals surface area contributed by atoms with Crippen LogP contribution < -0.4 is 9.47 Å². The van der Waals surface area contributed by atoms with Gasteiger partial charge in [0.05, 0.1) is 6.54 Å². The zero-order valence-electron chi connectivity index (χ0n) is 11.3. The topological polar surface area (TPSA) is 54.3 Å². The van der Waals surface area contributed by atoms with Gasteiger partial charge in [0.15, 0.2) is 17.2 Å². The zero-order valence-corrected chi connectivity index (χ0v) is 11.3. The van der Waals surface area contributed by atoms with E-state index in [-0.39, 0.29) is 0 Å². The summed E-state index contributed by atoms with van der Waals surface area (Å²) in [4.78, 5) is 6.56. The molecule has 1 unspecified atom stereocenters. The number of hydrogen-bond donors (Lipinski definition) is 1. The minimum Gasteiger partial charge on any atom is -0.486 e. The predicted octanol–water partition coefficient (Wildman–Crippen LogP) is 1.50. The summed E-state index contributed by atoms with van der Waals surface area (Å²) in [6.45, 7) is 2.40. The van der Waals surface area contributed by atoms with Gasteiger partial charge in [0.2, 0.25) is 0 Å². The van der Waals surface area contributed by atoms with Gasteiger partial charge >= 0.3 is 0 Å². The van der Waals surface area contributed by atoms with Crippen molar-refractivity contribution in [1.29, 1.82) is 0 Å². The number of fused-ring (bicyclic) bond motifs is 2. The van der Waals surface area contributed by atoms with Crippen LogP contribution in [0.4, 0.5) is 0 Å². The molecular formula is C15H18N2O3. The Kier molecular flexibility index (Phi) is 2.63. The van der Waals surface area contributed by atoms with E-state index in [0.717, 1.165) is 43.0 Å². The number of benzene rings is 1. The van der Waals surface area contributed by atoms with E-state index in [9.17, 15) is 5.11 Å². The van der Waals surface area contributed by atoms with Crippen LogP contribution in [0.25, 0.3) is 0 Å². The van der Waals surface area contributed by atoms with Gasteiger partial charge < -0.3 is 19.5 Å². The average molecular weight is 274 g/mol. The maximum absolute atomic E-state index is 11.1. The van der Waals surface area contributed by atoms with Crippen LogP contribution in [0.2, 0.25) is 0 Å². The molecule has 3 heterocycles. The minimum absolute atomic E-state index is 0.405. The molecule has 0 amide bonds. The van der Waals surface area contributed by atoms with Crippen molar-refractivity contribution in [2.75, 3.05) is 26.3 Å². The highest BCUT2D eigenvalue weighted by Crippen LogP contribution is 2.39. The van der Waals surface area contributed by atoms with Gasteiger partial charge in [-0.2, -0.15) is 0 Å². The Morgan fingerprint density at radius 1 is 1.15 bits per heavy atom. The zero-order chi connectivity index (χ0) is 13.6. The molecule has 106 valence electrons. The molecule has 0 spiro atoms. The first-order chi connectivity index (χ1) is 9.77. The van der Waals surface area contributed by atoms with Crippen molar-refractivity contribution in [3.63, 3.8) is 0 Å². The molecule has 5 nitrogen and oxygen atoms in total. The van der Waals surface area contributed by atoms with E-state index >= 15 is 0 Å². The Labute approximate surface area is 117 Å². The van der Waals surface area contributed by atoms with Crippen LogP contribution in [-0.4, -0.2) is 42.1 Å². The lowest BCUT2D eigenvalue weighted by Crippen LogP contribution is -2.48. The van der Waals surface area contributed by atoms with Gasteiger partial charge in [-0.1, -0.05) is 6.07 Å². The Morgan fingerprint density at radius 2 is 2.00 bits per heavy atom. The largest absolute Gasteiger partial charge is 0.486 e. The molecule has 0 radical (unpaired) electrons. The molecule has 1 atom stereocenters. The maximum atomic E-state index is 11.1. The molecule has 4 rings (SSSR count). The Bertz CT molecular complexity index is 572. The molecule has 1 aromatic carbocycles. The molecule has 0 bridgehead atoms. The van der Waals surface area contributed by atoms with Crippen LogP contribution in [0.5, 0.6) is 11.5 Å². The second-order valence-electron chi connectivity index (χ2n) is 5.52. The highest BCUT2D eigenvalue weighted by Gasteiger charge is 2.43. The van der Waals surface area contributed by atoms with E-state index in [1.807, 2.05) is 23.1 Å². The third-order valence-corrected chi connectivity index (χ3v) is 4.28. The van der Waals surface area contributed by atoms with Gasteiger partial charge in [0.1, 0.15) is 19.0 Å². The van der Waals surface area contributed by atoms with Crippen LogP contribution in [0, 0.1) is 0 Å². The van der Waals surface area contributed by atoms with Gasteiger partial charge in [-0.25, -0.2) is 0 Å². The fourth-order valence-corrected chi connectivity index (χ4v) is 3.21. The number of hydrogen-bond acceptors (Lipinski definition) is 5. The lowest BCUT2D eigenvalue weighted by molar-refractivity contribution is -0.0597. The van der Waals surface area contributed by atoms with Gasteiger partial charge in [0.25, 0.3) is 0 Å². The first kappa shape index (κ1) is 12.0. The van der Waals surface area contributed by atoms with Crippen molar-refractivity contribution in [3.8, 4) is 11.5 Å². The molecule has 1 saturated heterocycles. The summed E-state index contributed by atoms with van der Waals surface area (Å²) in [7, 11) is 0. The number of rotatable bonds is 1. The normalized spacial score (nSPS) is 28.1. The number of amidine groups is 1. The molecule has 1 aromatic rings. The predicted molar refractivity (Wildman–Crippen MR) is 74.2 cm³/mol. The Morgan fingerprint density at radius 3 is 2.90 bits per heavy atom. The van der Waals surface area contributed by atoms with E-state index in [2.05, 4.69) is 4.99 Å². The number of nitrogens with zero attached hydrogens (tertiary/aromatic N) is 2. The van der Waals surface area contributed by atoms with E-state index in [1.54, 1.807) is 0 Å². The summed E-state index contributed by atoms with van der Waals surface area (Å²) < 4.78 is 11.1. The van der Waals surface area contributed by atoms with Crippen molar-refractivity contribution < 1.29 is 14.6 Å². The molecular weight excluding hydrogens is 256 g/mol. The second kappa shape index (κ2) is 4.38. The molecule has 0 aromatic heterocycles. The van der Waals surface area contributed by atoms with Gasteiger partial charge in [-0.05, 0) is 25.0 Å². The van der Waals surface area contributed by atoms with Gasteiger partial charge in [0, 0.05) is 18.5 Å². The van der Waals surface area contributed by atoms with Crippen LogP contribution in [0.1, 0.15) is 24.8 Å². The smallest absolute Gasteiger partial charge is 0.185 e. The first-order valence-electron chi connectivity index (χ1n) is 7.21. The van der Waals surface area contributed by atoms with Crippen LogP contribution in [0.15, 0.2) is 23.2 Å². The molecule has 0 aliphatic carbocycles. The summed E-state index contributed by atoms with van der Waals surface area (Å²) in [5.41, 5.74) is -0.187. The summed E-state index contributed by atoms with van der Waals surface area (Å²) in [5, 5.41) is 11.1. The third-order valence-electron chi connectivity index (χ3n) is 4.28. The van der Waals surface area contributed by atoms with Crippen molar-refractivity contribution in [2.24, 2.45) is 4.99 Å². The lowest BCUT2D eigenvalue weighted by Gasteiger charge is -2.38. The highest BCUT2D eigenvalue weighted by molar-refractivity contribution is 5.85. The molecule has 0 saturated carbocycles. The monoisotopic (exact) mass is 274 g/mol. The van der Waals surface area contributed by atoms with Crippen LogP contribution in [-0.2, 0) is 5.72 Å². The quantitative estimate of drug-likeness (QED) is 0.843. The molecule has 1 fully saturated rings. The lowest BCUT2D eigenvalue weighted by atomic mass is 9.98. The summed E-state index contributed by atoms with van der Waals surface area (Å²) in [6, 6.07) is 5.69. The number of piperidine rings is 1. The van der Waals surface area contributed by atoms with Crippen LogP contribution in [0.3, 0.4) is 0 Å². The third kappa shape index (κ3) is 1.69.